The van der Waals surface area contributed by atoms with Gasteiger partial charge in [0.1, 0.15) is 4.90 Å². The van der Waals surface area contributed by atoms with Gasteiger partial charge in [0.15, 0.2) is 0 Å². The molecule has 0 saturated carbocycles. The van der Waals surface area contributed by atoms with Crippen molar-refractivity contribution in [3.8, 4) is 0 Å². The fourth-order valence-electron chi connectivity index (χ4n) is 2.06. The van der Waals surface area contributed by atoms with Crippen LogP contribution in [0.5, 0.6) is 0 Å². The number of benzene rings is 1. The lowest BCUT2D eigenvalue weighted by molar-refractivity contribution is 0.570. The van der Waals surface area contributed by atoms with E-state index in [0.717, 1.165) is 17.9 Å². The van der Waals surface area contributed by atoms with Crippen molar-refractivity contribution in [2.75, 3.05) is 16.8 Å². The number of nitrogens with one attached hydrogen (secondary N) is 2. The molecule has 0 aromatic heterocycles. The minimum Gasteiger partial charge on any atom is -0.380 e. The molecule has 1 aliphatic rings. The molecule has 0 spiro atoms. The summed E-state index contributed by atoms with van der Waals surface area (Å²) in [6, 6.07) is 7.34. The minimum absolute atomic E-state index is 0.111. The van der Waals surface area contributed by atoms with E-state index in [-0.39, 0.29) is 6.04 Å². The zero-order valence-corrected chi connectivity index (χ0v) is 12.9. The van der Waals surface area contributed by atoms with Crippen molar-refractivity contribution in [2.24, 2.45) is 0 Å². The highest BCUT2D eigenvalue weighted by molar-refractivity contribution is 7.99. The molecule has 2 N–H and O–H groups in total. The van der Waals surface area contributed by atoms with E-state index >= 15 is 0 Å². The van der Waals surface area contributed by atoms with E-state index in [4.69, 9.17) is 0 Å². The third-order valence-corrected chi connectivity index (χ3v) is 5.74. The fraction of sp³-hybridized carbons (Fsp3) is 0.538. The lowest BCUT2D eigenvalue weighted by atomic mass is 10.2. The Kier molecular flexibility index (Phi) is 4.76. The summed E-state index contributed by atoms with van der Waals surface area (Å²) >= 11 is 1.90. The summed E-state index contributed by atoms with van der Waals surface area (Å²) in [6.45, 7) is 3.64. The molecule has 0 amide bonds. The Balaban J connectivity index is 2.24. The summed E-state index contributed by atoms with van der Waals surface area (Å²) in [7, 11) is -3.45. The van der Waals surface area contributed by atoms with Gasteiger partial charge >= 0.3 is 0 Å². The van der Waals surface area contributed by atoms with Crippen molar-refractivity contribution in [2.45, 2.75) is 37.2 Å². The molecule has 1 aromatic rings. The highest BCUT2D eigenvalue weighted by Crippen LogP contribution is 2.26. The van der Waals surface area contributed by atoms with Crippen molar-refractivity contribution in [1.29, 1.82) is 0 Å². The molecular formula is C13H20N2O2S2. The Morgan fingerprint density at radius 3 is 2.68 bits per heavy atom. The SMILES string of the molecule is CC(C)NS(=O)(=O)c1ccccc1NC1CCSC1. The monoisotopic (exact) mass is 300 g/mol. The van der Waals surface area contributed by atoms with Crippen LogP contribution in [-0.2, 0) is 10.0 Å². The van der Waals surface area contributed by atoms with E-state index in [0.29, 0.717) is 16.6 Å². The van der Waals surface area contributed by atoms with Gasteiger partial charge in [0.2, 0.25) is 10.0 Å². The number of anilines is 1. The molecule has 6 heteroatoms. The second kappa shape index (κ2) is 6.15. The lowest BCUT2D eigenvalue weighted by Gasteiger charge is -2.17. The second-order valence-electron chi connectivity index (χ2n) is 4.98. The molecule has 19 heavy (non-hydrogen) atoms. The van der Waals surface area contributed by atoms with Gasteiger partial charge in [0, 0.05) is 17.8 Å². The van der Waals surface area contributed by atoms with Crippen LogP contribution in [0.3, 0.4) is 0 Å². The van der Waals surface area contributed by atoms with Crippen LogP contribution in [0.4, 0.5) is 5.69 Å². The van der Waals surface area contributed by atoms with Gasteiger partial charge in [-0.1, -0.05) is 12.1 Å². The van der Waals surface area contributed by atoms with Crippen LogP contribution in [0, 0.1) is 0 Å². The van der Waals surface area contributed by atoms with Crippen LogP contribution in [-0.4, -0.2) is 32.0 Å². The standard InChI is InChI=1S/C13H20N2O2S2/c1-10(2)15-19(16,17)13-6-4-3-5-12(13)14-11-7-8-18-9-11/h3-6,10-11,14-15H,7-9H2,1-2H3. The van der Waals surface area contributed by atoms with Gasteiger partial charge in [-0.05, 0) is 38.2 Å². The zero-order valence-electron chi connectivity index (χ0n) is 11.2. The van der Waals surface area contributed by atoms with Gasteiger partial charge in [-0.25, -0.2) is 13.1 Å². The number of sulfonamides is 1. The summed E-state index contributed by atoms with van der Waals surface area (Å²) in [5.41, 5.74) is 0.697. The summed E-state index contributed by atoms with van der Waals surface area (Å²) < 4.78 is 27.2. The van der Waals surface area contributed by atoms with Crippen molar-refractivity contribution in [3.05, 3.63) is 24.3 Å². The van der Waals surface area contributed by atoms with Gasteiger partial charge in [0.05, 0.1) is 5.69 Å². The average Bonchev–Trinajstić information content (AvgIpc) is 2.80. The van der Waals surface area contributed by atoms with E-state index in [2.05, 4.69) is 10.0 Å². The maximum atomic E-state index is 12.3. The minimum atomic E-state index is -3.45. The quantitative estimate of drug-likeness (QED) is 0.876. The molecule has 106 valence electrons. The van der Waals surface area contributed by atoms with Crippen LogP contribution in [0.1, 0.15) is 20.3 Å². The zero-order chi connectivity index (χ0) is 13.9. The summed E-state index contributed by atoms with van der Waals surface area (Å²) in [5.74, 6) is 2.17. The third-order valence-electron chi connectivity index (χ3n) is 2.86. The van der Waals surface area contributed by atoms with Gasteiger partial charge in [-0.3, -0.25) is 0 Å². The molecule has 1 atom stereocenters. The van der Waals surface area contributed by atoms with E-state index < -0.39 is 10.0 Å². The number of hydrogen-bond acceptors (Lipinski definition) is 4. The molecule has 0 radical (unpaired) electrons. The lowest BCUT2D eigenvalue weighted by Crippen LogP contribution is -2.31. The molecule has 1 saturated heterocycles. The van der Waals surface area contributed by atoms with Gasteiger partial charge in [-0.15, -0.1) is 0 Å². The number of rotatable bonds is 5. The molecule has 0 bridgehead atoms. The molecule has 1 fully saturated rings. The van der Waals surface area contributed by atoms with Crippen molar-refractivity contribution in [3.63, 3.8) is 0 Å². The first-order valence-electron chi connectivity index (χ1n) is 6.44. The van der Waals surface area contributed by atoms with Crippen molar-refractivity contribution >= 4 is 27.5 Å². The molecule has 1 heterocycles. The van der Waals surface area contributed by atoms with Crippen LogP contribution < -0.4 is 10.0 Å². The Morgan fingerprint density at radius 1 is 1.32 bits per heavy atom. The van der Waals surface area contributed by atoms with Crippen LogP contribution >= 0.6 is 11.8 Å². The highest BCUT2D eigenvalue weighted by atomic mass is 32.2. The van der Waals surface area contributed by atoms with E-state index in [1.54, 1.807) is 12.1 Å². The molecule has 0 aliphatic carbocycles. The Morgan fingerprint density at radius 2 is 2.05 bits per heavy atom. The maximum Gasteiger partial charge on any atom is 0.242 e. The first-order chi connectivity index (χ1) is 8.99. The molecule has 4 nitrogen and oxygen atoms in total. The summed E-state index contributed by atoms with van der Waals surface area (Å²) in [6.07, 6.45) is 1.08. The predicted molar refractivity (Wildman–Crippen MR) is 81.3 cm³/mol. The first-order valence-corrected chi connectivity index (χ1v) is 9.08. The largest absolute Gasteiger partial charge is 0.380 e. The normalized spacial score (nSPS) is 19.8. The number of para-hydroxylation sites is 1. The summed E-state index contributed by atoms with van der Waals surface area (Å²) in [5, 5.41) is 3.35. The Labute approximate surface area is 119 Å². The van der Waals surface area contributed by atoms with E-state index in [1.807, 2.05) is 37.7 Å². The highest BCUT2D eigenvalue weighted by Gasteiger charge is 2.22. The molecule has 1 aromatic carbocycles. The third kappa shape index (κ3) is 3.87. The van der Waals surface area contributed by atoms with Crippen molar-refractivity contribution < 1.29 is 8.42 Å². The first kappa shape index (κ1) is 14.7. The van der Waals surface area contributed by atoms with Crippen LogP contribution in [0.15, 0.2) is 29.2 Å². The van der Waals surface area contributed by atoms with E-state index in [1.165, 1.54) is 0 Å². The molecule has 1 aliphatic heterocycles. The Hall–Kier alpha value is -0.720. The summed E-state index contributed by atoms with van der Waals surface area (Å²) in [4.78, 5) is 0.334. The predicted octanol–water partition coefficient (Wildman–Crippen LogP) is 2.29. The second-order valence-corrected chi connectivity index (χ2v) is 7.81. The average molecular weight is 300 g/mol. The number of thioether (sulfide) groups is 1. The number of hydrogen-bond donors (Lipinski definition) is 2. The van der Waals surface area contributed by atoms with E-state index in [9.17, 15) is 8.42 Å². The topological polar surface area (TPSA) is 58.2 Å². The smallest absolute Gasteiger partial charge is 0.242 e. The molecule has 1 unspecified atom stereocenters. The Bertz CT molecular complexity index is 523. The van der Waals surface area contributed by atoms with Gasteiger partial charge < -0.3 is 5.32 Å². The molecule has 2 rings (SSSR count). The van der Waals surface area contributed by atoms with Gasteiger partial charge in [0.25, 0.3) is 0 Å². The van der Waals surface area contributed by atoms with Crippen LogP contribution in [0.2, 0.25) is 0 Å². The van der Waals surface area contributed by atoms with Crippen molar-refractivity contribution in [1.82, 2.24) is 4.72 Å². The fourth-order valence-corrected chi connectivity index (χ4v) is 4.64. The van der Waals surface area contributed by atoms with Crippen LogP contribution in [0.25, 0.3) is 0 Å². The maximum absolute atomic E-state index is 12.3. The van der Waals surface area contributed by atoms with Gasteiger partial charge in [-0.2, -0.15) is 11.8 Å². The molecular weight excluding hydrogens is 280 g/mol.